The second-order valence-corrected chi connectivity index (χ2v) is 6.49. The lowest BCUT2D eigenvalue weighted by molar-refractivity contribution is 0.163. The Morgan fingerprint density at radius 2 is 2.20 bits per heavy atom. The van der Waals surface area contributed by atoms with Gasteiger partial charge in [-0.1, -0.05) is 25.1 Å². The van der Waals surface area contributed by atoms with Crippen molar-refractivity contribution < 1.29 is 5.11 Å². The number of hydrogen-bond donors (Lipinski definition) is 2. The van der Waals surface area contributed by atoms with Crippen molar-refractivity contribution in [3.05, 3.63) is 18.0 Å². The molecule has 1 aromatic rings. The molecule has 5 heteroatoms. The summed E-state index contributed by atoms with van der Waals surface area (Å²) >= 11 is 1.71. The Bertz CT molecular complexity index is 389. The molecule has 1 aromatic heterocycles. The second-order valence-electron chi connectivity index (χ2n) is 5.43. The van der Waals surface area contributed by atoms with Crippen molar-refractivity contribution in [2.24, 2.45) is 0 Å². The summed E-state index contributed by atoms with van der Waals surface area (Å²) in [6, 6.07) is 1.91. The molecule has 20 heavy (non-hydrogen) atoms. The lowest BCUT2D eigenvalue weighted by Gasteiger charge is -2.28. The predicted octanol–water partition coefficient (Wildman–Crippen LogP) is 2.80. The zero-order valence-electron chi connectivity index (χ0n) is 12.9. The van der Waals surface area contributed by atoms with E-state index in [0.717, 1.165) is 48.8 Å². The van der Waals surface area contributed by atoms with Crippen LogP contribution in [0, 0.1) is 6.92 Å². The molecule has 1 rings (SSSR count). The van der Waals surface area contributed by atoms with E-state index in [1.807, 2.05) is 19.2 Å². The molecule has 0 aliphatic carbocycles. The van der Waals surface area contributed by atoms with Gasteiger partial charge in [-0.2, -0.15) is 0 Å². The van der Waals surface area contributed by atoms with Gasteiger partial charge in [0, 0.05) is 23.2 Å². The molecule has 1 heterocycles. The van der Waals surface area contributed by atoms with E-state index < -0.39 is 0 Å². The SMILES string of the molecule is CCCNC(C)(CO)CCCCSc1nccc(C)n1. The fraction of sp³-hybridized carbons (Fsp3) is 0.733. The first-order chi connectivity index (χ1) is 9.59. The lowest BCUT2D eigenvalue weighted by atomic mass is 9.96. The molecule has 0 fully saturated rings. The summed E-state index contributed by atoms with van der Waals surface area (Å²) < 4.78 is 0. The second kappa shape index (κ2) is 9.32. The van der Waals surface area contributed by atoms with Crippen molar-refractivity contribution in [2.75, 3.05) is 18.9 Å². The lowest BCUT2D eigenvalue weighted by Crippen LogP contribution is -2.46. The fourth-order valence-electron chi connectivity index (χ4n) is 1.93. The molecule has 0 amide bonds. The van der Waals surface area contributed by atoms with E-state index in [9.17, 15) is 5.11 Å². The molecule has 0 spiro atoms. The third kappa shape index (κ3) is 6.68. The van der Waals surface area contributed by atoms with Crippen molar-refractivity contribution in [1.82, 2.24) is 15.3 Å². The number of aromatic nitrogens is 2. The minimum absolute atomic E-state index is 0.138. The molecule has 0 saturated heterocycles. The largest absolute Gasteiger partial charge is 0.394 e. The third-order valence-electron chi connectivity index (χ3n) is 3.28. The molecule has 0 aromatic carbocycles. The first-order valence-corrected chi connectivity index (χ1v) is 8.36. The van der Waals surface area contributed by atoms with Crippen molar-refractivity contribution in [3.8, 4) is 0 Å². The number of nitrogens with one attached hydrogen (secondary N) is 1. The van der Waals surface area contributed by atoms with Gasteiger partial charge in [-0.3, -0.25) is 0 Å². The van der Waals surface area contributed by atoms with E-state index in [0.29, 0.717) is 0 Å². The van der Waals surface area contributed by atoms with Gasteiger partial charge in [-0.25, -0.2) is 9.97 Å². The van der Waals surface area contributed by atoms with E-state index in [4.69, 9.17) is 0 Å². The van der Waals surface area contributed by atoms with Crippen LogP contribution in [0.5, 0.6) is 0 Å². The maximum Gasteiger partial charge on any atom is 0.187 e. The number of thioether (sulfide) groups is 1. The predicted molar refractivity (Wildman–Crippen MR) is 85.1 cm³/mol. The van der Waals surface area contributed by atoms with Crippen LogP contribution in [-0.2, 0) is 0 Å². The molecule has 0 aliphatic rings. The first kappa shape index (κ1) is 17.4. The van der Waals surface area contributed by atoms with E-state index in [-0.39, 0.29) is 12.1 Å². The van der Waals surface area contributed by atoms with Gasteiger partial charge in [0.25, 0.3) is 0 Å². The Hall–Kier alpha value is -0.650. The summed E-state index contributed by atoms with van der Waals surface area (Å²) in [5.74, 6) is 1.03. The van der Waals surface area contributed by atoms with Crippen molar-refractivity contribution in [1.29, 1.82) is 0 Å². The number of unbranched alkanes of at least 4 members (excludes halogenated alkanes) is 1. The maximum absolute atomic E-state index is 9.49. The molecule has 4 nitrogen and oxygen atoms in total. The first-order valence-electron chi connectivity index (χ1n) is 7.38. The van der Waals surface area contributed by atoms with Crippen LogP contribution in [-0.4, -0.2) is 39.5 Å². The van der Waals surface area contributed by atoms with Gasteiger partial charge in [0.1, 0.15) is 0 Å². The topological polar surface area (TPSA) is 58.0 Å². The van der Waals surface area contributed by atoms with Crippen molar-refractivity contribution in [3.63, 3.8) is 0 Å². The molecule has 114 valence electrons. The highest BCUT2D eigenvalue weighted by molar-refractivity contribution is 7.99. The summed E-state index contributed by atoms with van der Waals surface area (Å²) in [5.41, 5.74) is 0.875. The number of aliphatic hydroxyl groups excluding tert-OH is 1. The van der Waals surface area contributed by atoms with Gasteiger partial charge in [-0.05, 0) is 45.7 Å². The smallest absolute Gasteiger partial charge is 0.187 e. The molecular weight excluding hydrogens is 270 g/mol. The Balaban J connectivity index is 2.20. The number of nitrogens with zero attached hydrogens (tertiary/aromatic N) is 2. The van der Waals surface area contributed by atoms with Crippen LogP contribution >= 0.6 is 11.8 Å². The average Bonchev–Trinajstić information content (AvgIpc) is 2.45. The fourth-order valence-corrected chi connectivity index (χ4v) is 2.80. The van der Waals surface area contributed by atoms with Gasteiger partial charge in [0.15, 0.2) is 5.16 Å². The summed E-state index contributed by atoms with van der Waals surface area (Å²) in [6.45, 7) is 7.38. The van der Waals surface area contributed by atoms with Crippen molar-refractivity contribution >= 4 is 11.8 Å². The Labute approximate surface area is 126 Å². The van der Waals surface area contributed by atoms with E-state index in [1.165, 1.54) is 0 Å². The summed E-state index contributed by atoms with van der Waals surface area (Å²) in [5, 5.41) is 13.8. The van der Waals surface area contributed by atoms with E-state index in [1.54, 1.807) is 11.8 Å². The standard InChI is InChI=1S/C15H27N3OS/c1-4-9-17-15(3,12-19)8-5-6-11-20-14-16-10-7-13(2)18-14/h7,10,17,19H,4-6,8-9,11-12H2,1-3H3. The van der Waals surface area contributed by atoms with Crippen LogP contribution in [0.4, 0.5) is 0 Å². The van der Waals surface area contributed by atoms with E-state index in [2.05, 4.69) is 29.1 Å². The Kier molecular flexibility index (Phi) is 8.11. The average molecular weight is 297 g/mol. The van der Waals surface area contributed by atoms with Gasteiger partial charge in [0.05, 0.1) is 6.61 Å². The molecule has 0 saturated carbocycles. The summed E-state index contributed by atoms with van der Waals surface area (Å²) in [4.78, 5) is 8.62. The summed E-state index contributed by atoms with van der Waals surface area (Å²) in [7, 11) is 0. The zero-order chi connectivity index (χ0) is 14.8. The van der Waals surface area contributed by atoms with Crippen molar-refractivity contribution in [2.45, 2.75) is 57.1 Å². The van der Waals surface area contributed by atoms with Crippen LogP contribution < -0.4 is 5.32 Å². The number of rotatable bonds is 10. The van der Waals surface area contributed by atoms with Gasteiger partial charge >= 0.3 is 0 Å². The van der Waals surface area contributed by atoms with Gasteiger partial charge < -0.3 is 10.4 Å². The molecule has 1 unspecified atom stereocenters. The maximum atomic E-state index is 9.49. The zero-order valence-corrected chi connectivity index (χ0v) is 13.7. The van der Waals surface area contributed by atoms with Crippen LogP contribution in [0.3, 0.4) is 0 Å². The van der Waals surface area contributed by atoms with Gasteiger partial charge in [-0.15, -0.1) is 0 Å². The number of hydrogen-bond acceptors (Lipinski definition) is 5. The third-order valence-corrected chi connectivity index (χ3v) is 4.23. The minimum atomic E-state index is -0.138. The highest BCUT2D eigenvalue weighted by atomic mass is 32.2. The molecular formula is C15H27N3OS. The number of aliphatic hydroxyl groups is 1. The van der Waals surface area contributed by atoms with Crippen LogP contribution in [0.25, 0.3) is 0 Å². The monoisotopic (exact) mass is 297 g/mol. The highest BCUT2D eigenvalue weighted by Gasteiger charge is 2.21. The number of aryl methyl sites for hydroxylation is 1. The Morgan fingerprint density at radius 1 is 1.40 bits per heavy atom. The quantitative estimate of drug-likeness (QED) is 0.395. The summed E-state index contributed by atoms with van der Waals surface area (Å²) in [6.07, 6.45) is 6.12. The highest BCUT2D eigenvalue weighted by Crippen LogP contribution is 2.18. The molecule has 0 aliphatic heterocycles. The molecule has 0 radical (unpaired) electrons. The molecule has 1 atom stereocenters. The van der Waals surface area contributed by atoms with Gasteiger partial charge in [0.2, 0.25) is 0 Å². The minimum Gasteiger partial charge on any atom is -0.394 e. The molecule has 2 N–H and O–H groups in total. The van der Waals surface area contributed by atoms with Crippen LogP contribution in [0.2, 0.25) is 0 Å². The molecule has 0 bridgehead atoms. The van der Waals surface area contributed by atoms with Crippen LogP contribution in [0.15, 0.2) is 17.4 Å². The Morgan fingerprint density at radius 3 is 2.85 bits per heavy atom. The van der Waals surface area contributed by atoms with E-state index >= 15 is 0 Å². The van der Waals surface area contributed by atoms with Crippen LogP contribution in [0.1, 0.15) is 45.2 Å². The normalized spacial score (nSPS) is 14.2.